The third-order valence-electron chi connectivity index (χ3n) is 4.23. The molecule has 2 saturated heterocycles. The molecule has 0 aliphatic carbocycles. The van der Waals surface area contributed by atoms with Crippen LogP contribution in [-0.4, -0.2) is 61.0 Å². The first-order valence-corrected chi connectivity index (χ1v) is 7.54. The SMILES string of the molecule is CCCCC(=O)N1CCC(N2CCNCC2)CC1. The van der Waals surface area contributed by atoms with Gasteiger partial charge in [-0.15, -0.1) is 0 Å². The van der Waals surface area contributed by atoms with Crippen molar-refractivity contribution in [1.82, 2.24) is 15.1 Å². The Bertz CT molecular complexity index is 256. The molecule has 0 atom stereocenters. The van der Waals surface area contributed by atoms with Gasteiger partial charge in [0.15, 0.2) is 0 Å². The third-order valence-corrected chi connectivity index (χ3v) is 4.23. The quantitative estimate of drug-likeness (QED) is 0.814. The van der Waals surface area contributed by atoms with E-state index in [-0.39, 0.29) is 0 Å². The molecule has 4 heteroatoms. The molecule has 1 N–H and O–H groups in total. The van der Waals surface area contributed by atoms with Crippen LogP contribution in [0.15, 0.2) is 0 Å². The Kier molecular flexibility index (Phi) is 5.45. The maximum Gasteiger partial charge on any atom is 0.222 e. The molecule has 2 aliphatic rings. The fourth-order valence-electron chi connectivity index (χ4n) is 3.01. The van der Waals surface area contributed by atoms with E-state index in [0.29, 0.717) is 11.9 Å². The van der Waals surface area contributed by atoms with Crippen molar-refractivity contribution in [2.24, 2.45) is 0 Å². The highest BCUT2D eigenvalue weighted by atomic mass is 16.2. The van der Waals surface area contributed by atoms with Crippen LogP contribution in [0.2, 0.25) is 0 Å². The number of amides is 1. The summed E-state index contributed by atoms with van der Waals surface area (Å²) < 4.78 is 0. The van der Waals surface area contributed by atoms with Crippen LogP contribution in [0.25, 0.3) is 0 Å². The smallest absolute Gasteiger partial charge is 0.222 e. The van der Waals surface area contributed by atoms with E-state index in [0.717, 1.165) is 58.3 Å². The molecule has 1 amide bonds. The maximum absolute atomic E-state index is 11.9. The molecule has 2 aliphatic heterocycles. The highest BCUT2D eigenvalue weighted by Gasteiger charge is 2.26. The zero-order chi connectivity index (χ0) is 12.8. The van der Waals surface area contributed by atoms with Crippen molar-refractivity contribution in [3.8, 4) is 0 Å². The zero-order valence-corrected chi connectivity index (χ0v) is 11.7. The van der Waals surface area contributed by atoms with E-state index < -0.39 is 0 Å². The topological polar surface area (TPSA) is 35.6 Å². The number of piperidine rings is 1. The second kappa shape index (κ2) is 7.10. The standard InChI is InChI=1S/C14H27N3O/c1-2-3-4-14(18)17-9-5-13(6-10-17)16-11-7-15-8-12-16/h13,15H,2-12H2,1H3. The lowest BCUT2D eigenvalue weighted by Gasteiger charge is -2.40. The Balaban J connectivity index is 1.71. The predicted octanol–water partition coefficient (Wildman–Crippen LogP) is 1.07. The number of rotatable bonds is 4. The van der Waals surface area contributed by atoms with Crippen LogP contribution < -0.4 is 5.32 Å². The molecule has 0 bridgehead atoms. The Morgan fingerprint density at radius 3 is 2.44 bits per heavy atom. The molecule has 0 spiro atoms. The van der Waals surface area contributed by atoms with E-state index in [9.17, 15) is 4.79 Å². The molecule has 0 aromatic carbocycles. The maximum atomic E-state index is 11.9. The molecule has 2 heterocycles. The van der Waals surface area contributed by atoms with E-state index in [2.05, 4.69) is 22.0 Å². The second-order valence-corrected chi connectivity index (χ2v) is 5.50. The Morgan fingerprint density at radius 1 is 1.17 bits per heavy atom. The van der Waals surface area contributed by atoms with Gasteiger partial charge in [-0.25, -0.2) is 0 Å². The van der Waals surface area contributed by atoms with Crippen LogP contribution in [0.5, 0.6) is 0 Å². The summed E-state index contributed by atoms with van der Waals surface area (Å²) in [4.78, 5) is 16.6. The van der Waals surface area contributed by atoms with Crippen LogP contribution in [0, 0.1) is 0 Å². The van der Waals surface area contributed by atoms with Crippen LogP contribution in [0.3, 0.4) is 0 Å². The van der Waals surface area contributed by atoms with Gasteiger partial charge < -0.3 is 10.2 Å². The normalized spacial score (nSPS) is 23.3. The number of unbranched alkanes of at least 4 members (excludes halogenated alkanes) is 1. The summed E-state index contributed by atoms with van der Waals surface area (Å²) in [5.41, 5.74) is 0. The number of carbonyl (C=O) groups is 1. The fraction of sp³-hybridized carbons (Fsp3) is 0.929. The minimum atomic E-state index is 0.371. The van der Waals surface area contributed by atoms with Gasteiger partial charge in [-0.3, -0.25) is 9.69 Å². The first-order valence-electron chi connectivity index (χ1n) is 7.54. The fourth-order valence-corrected chi connectivity index (χ4v) is 3.01. The van der Waals surface area contributed by atoms with Crippen molar-refractivity contribution in [3.63, 3.8) is 0 Å². The van der Waals surface area contributed by atoms with Crippen LogP contribution in [0.4, 0.5) is 0 Å². The van der Waals surface area contributed by atoms with Crippen molar-refractivity contribution in [3.05, 3.63) is 0 Å². The number of likely N-dealkylation sites (tertiary alicyclic amines) is 1. The van der Waals surface area contributed by atoms with Crippen molar-refractivity contribution in [1.29, 1.82) is 0 Å². The molecule has 0 saturated carbocycles. The number of carbonyl (C=O) groups excluding carboxylic acids is 1. The largest absolute Gasteiger partial charge is 0.343 e. The summed E-state index contributed by atoms with van der Waals surface area (Å²) in [5, 5.41) is 3.40. The molecule has 4 nitrogen and oxygen atoms in total. The van der Waals surface area contributed by atoms with Crippen molar-refractivity contribution >= 4 is 5.91 Å². The highest BCUT2D eigenvalue weighted by Crippen LogP contribution is 2.18. The van der Waals surface area contributed by atoms with Crippen molar-refractivity contribution in [2.75, 3.05) is 39.3 Å². The third kappa shape index (κ3) is 3.69. The van der Waals surface area contributed by atoms with E-state index in [4.69, 9.17) is 0 Å². The summed E-state index contributed by atoms with van der Waals surface area (Å²) in [5.74, 6) is 0.371. The lowest BCUT2D eigenvalue weighted by molar-refractivity contribution is -0.132. The molecule has 0 aromatic rings. The lowest BCUT2D eigenvalue weighted by Crippen LogP contribution is -2.52. The summed E-state index contributed by atoms with van der Waals surface area (Å²) >= 11 is 0. The Hall–Kier alpha value is -0.610. The van der Waals surface area contributed by atoms with Gasteiger partial charge in [0, 0.05) is 51.7 Å². The molecule has 0 unspecified atom stereocenters. The summed E-state index contributed by atoms with van der Waals surface area (Å²) in [6.07, 6.45) is 5.23. The van der Waals surface area contributed by atoms with Crippen LogP contribution in [-0.2, 0) is 4.79 Å². The van der Waals surface area contributed by atoms with E-state index >= 15 is 0 Å². The van der Waals surface area contributed by atoms with Gasteiger partial charge >= 0.3 is 0 Å². The molecule has 2 fully saturated rings. The average Bonchev–Trinajstić information content (AvgIpc) is 2.46. The lowest BCUT2D eigenvalue weighted by atomic mass is 10.0. The monoisotopic (exact) mass is 253 g/mol. The van der Waals surface area contributed by atoms with E-state index in [1.165, 1.54) is 13.1 Å². The summed E-state index contributed by atoms with van der Waals surface area (Å²) in [6.45, 7) is 8.67. The first-order chi connectivity index (χ1) is 8.81. The zero-order valence-electron chi connectivity index (χ0n) is 11.7. The number of piperazine rings is 1. The number of hydrogen-bond acceptors (Lipinski definition) is 3. The number of hydrogen-bond donors (Lipinski definition) is 1. The van der Waals surface area contributed by atoms with E-state index in [1.54, 1.807) is 0 Å². The van der Waals surface area contributed by atoms with Gasteiger partial charge in [-0.1, -0.05) is 13.3 Å². The number of nitrogens with one attached hydrogen (secondary N) is 1. The van der Waals surface area contributed by atoms with Crippen LogP contribution >= 0.6 is 0 Å². The molecular weight excluding hydrogens is 226 g/mol. The average molecular weight is 253 g/mol. The van der Waals surface area contributed by atoms with Gasteiger partial charge in [0.2, 0.25) is 5.91 Å². The molecule has 0 radical (unpaired) electrons. The molecule has 0 aromatic heterocycles. The summed E-state index contributed by atoms with van der Waals surface area (Å²) in [6, 6.07) is 0.710. The van der Waals surface area contributed by atoms with Gasteiger partial charge in [-0.2, -0.15) is 0 Å². The van der Waals surface area contributed by atoms with Gasteiger partial charge in [0.25, 0.3) is 0 Å². The number of nitrogens with zero attached hydrogens (tertiary/aromatic N) is 2. The Morgan fingerprint density at radius 2 is 1.83 bits per heavy atom. The minimum absolute atomic E-state index is 0.371. The molecule has 2 rings (SSSR count). The van der Waals surface area contributed by atoms with Crippen LogP contribution in [0.1, 0.15) is 39.0 Å². The van der Waals surface area contributed by atoms with Gasteiger partial charge in [0.1, 0.15) is 0 Å². The molecular formula is C14H27N3O. The Labute approximate surface area is 111 Å². The minimum Gasteiger partial charge on any atom is -0.343 e. The predicted molar refractivity (Wildman–Crippen MR) is 73.6 cm³/mol. The highest BCUT2D eigenvalue weighted by molar-refractivity contribution is 5.76. The van der Waals surface area contributed by atoms with Crippen molar-refractivity contribution < 1.29 is 4.79 Å². The first kappa shape index (κ1) is 13.8. The van der Waals surface area contributed by atoms with Gasteiger partial charge in [-0.05, 0) is 19.3 Å². The van der Waals surface area contributed by atoms with Crippen molar-refractivity contribution in [2.45, 2.75) is 45.1 Å². The second-order valence-electron chi connectivity index (χ2n) is 5.50. The molecule has 18 heavy (non-hydrogen) atoms. The van der Waals surface area contributed by atoms with Gasteiger partial charge in [0.05, 0.1) is 0 Å². The summed E-state index contributed by atoms with van der Waals surface area (Å²) in [7, 11) is 0. The molecule has 104 valence electrons. The van der Waals surface area contributed by atoms with E-state index in [1.807, 2.05) is 0 Å².